The molecular weight excluding hydrogens is 575 g/mol. The molecule has 0 saturated heterocycles. The zero-order chi connectivity index (χ0) is 26.4. The number of benzene rings is 1. The number of anilines is 1. The number of thioether (sulfide) groups is 1. The molecule has 0 saturated carbocycles. The molecule has 190 valence electrons. The van der Waals surface area contributed by atoms with Gasteiger partial charge in [0.05, 0.1) is 21.2 Å². The minimum Gasteiger partial charge on any atom is -0.503 e. The van der Waals surface area contributed by atoms with E-state index < -0.39 is 23.5 Å². The fourth-order valence-corrected chi connectivity index (χ4v) is 7.20. The Morgan fingerprint density at radius 2 is 1.95 bits per heavy atom. The number of aryl methyl sites for hydroxylation is 3. The molecule has 1 N–H and O–H groups in total. The maximum Gasteiger partial charge on any atom is 0.296 e. The van der Waals surface area contributed by atoms with Crippen molar-refractivity contribution in [2.45, 2.75) is 36.9 Å². The summed E-state index contributed by atoms with van der Waals surface area (Å²) in [5, 5.41) is 21.3. The first-order valence-corrected chi connectivity index (χ1v) is 14.2. The molecule has 1 aromatic carbocycles. The normalized spacial score (nSPS) is 15.8. The monoisotopic (exact) mass is 592 g/mol. The summed E-state index contributed by atoms with van der Waals surface area (Å²) in [6.07, 6.45) is 0. The highest BCUT2D eigenvalue weighted by atomic mass is 35.5. The number of hydrogen-bond acceptors (Lipinski definition) is 10. The van der Waals surface area contributed by atoms with Gasteiger partial charge in [-0.3, -0.25) is 14.5 Å². The predicted molar refractivity (Wildman–Crippen MR) is 145 cm³/mol. The summed E-state index contributed by atoms with van der Waals surface area (Å²) in [4.78, 5) is 32.8. The fourth-order valence-electron chi connectivity index (χ4n) is 3.90. The Morgan fingerprint density at radius 1 is 1.16 bits per heavy atom. The van der Waals surface area contributed by atoms with E-state index in [1.807, 2.05) is 6.07 Å². The van der Waals surface area contributed by atoms with Crippen LogP contribution in [0.5, 0.6) is 0 Å². The Labute approximate surface area is 234 Å². The van der Waals surface area contributed by atoms with Crippen LogP contribution in [0.3, 0.4) is 0 Å². The van der Waals surface area contributed by atoms with Gasteiger partial charge >= 0.3 is 0 Å². The van der Waals surface area contributed by atoms with Gasteiger partial charge in [0.1, 0.15) is 17.6 Å². The third-order valence-corrected chi connectivity index (χ3v) is 9.32. The lowest BCUT2D eigenvalue weighted by molar-refractivity contribution is -0.117. The predicted octanol–water partition coefficient (Wildman–Crippen LogP) is 6.89. The second-order valence-corrected chi connectivity index (χ2v) is 12.4. The number of aromatic nitrogens is 3. The van der Waals surface area contributed by atoms with Crippen molar-refractivity contribution in [2.24, 2.45) is 0 Å². The van der Waals surface area contributed by atoms with Gasteiger partial charge in [-0.2, -0.15) is 0 Å². The number of halogens is 2. The number of Topliss-reactive ketones (excluding diaryl/α,β-unsaturated/α-hetero) is 1. The van der Waals surface area contributed by atoms with E-state index in [0.717, 1.165) is 16.9 Å². The second kappa shape index (κ2) is 10.2. The van der Waals surface area contributed by atoms with E-state index in [2.05, 4.69) is 15.2 Å². The summed E-state index contributed by atoms with van der Waals surface area (Å²) in [5.74, 6) is -0.446. The molecule has 0 aliphatic carbocycles. The topological polar surface area (TPSA) is 109 Å². The zero-order valence-electron chi connectivity index (χ0n) is 19.6. The molecule has 3 aromatic heterocycles. The molecule has 1 amide bonds. The molecule has 1 aliphatic rings. The van der Waals surface area contributed by atoms with Crippen molar-refractivity contribution in [1.29, 1.82) is 0 Å². The number of hydrogen-bond donors (Lipinski definition) is 1. The Kier molecular flexibility index (Phi) is 7.16. The Morgan fingerprint density at radius 3 is 2.59 bits per heavy atom. The molecule has 0 fully saturated rings. The van der Waals surface area contributed by atoms with Gasteiger partial charge in [-0.1, -0.05) is 52.4 Å². The summed E-state index contributed by atoms with van der Waals surface area (Å²) in [7, 11) is 0. The number of aliphatic hydroxyl groups excluding tert-OH is 1. The summed E-state index contributed by atoms with van der Waals surface area (Å²) >= 11 is 16.0. The molecule has 0 radical (unpaired) electrons. The second-order valence-electron chi connectivity index (χ2n) is 8.14. The highest BCUT2D eigenvalue weighted by molar-refractivity contribution is 8.00. The van der Waals surface area contributed by atoms with E-state index in [0.29, 0.717) is 47.2 Å². The first-order valence-electron chi connectivity index (χ1n) is 10.9. The minimum absolute atomic E-state index is 0.0801. The molecule has 13 heteroatoms. The molecule has 1 unspecified atom stereocenters. The van der Waals surface area contributed by atoms with Crippen LogP contribution in [0.4, 0.5) is 5.13 Å². The van der Waals surface area contributed by atoms with Crippen LogP contribution in [0, 0.1) is 20.8 Å². The van der Waals surface area contributed by atoms with Gasteiger partial charge in [0.25, 0.3) is 5.91 Å². The summed E-state index contributed by atoms with van der Waals surface area (Å²) < 4.78 is 6.40. The molecular formula is C24H18Cl2N4O4S3. The van der Waals surface area contributed by atoms with Gasteiger partial charge in [0.2, 0.25) is 10.9 Å². The van der Waals surface area contributed by atoms with Crippen LogP contribution in [0.2, 0.25) is 10.0 Å². The van der Waals surface area contributed by atoms with Crippen molar-refractivity contribution in [3.05, 3.63) is 84.4 Å². The number of nitrogens with zero attached hydrogens (tertiary/aromatic N) is 4. The van der Waals surface area contributed by atoms with E-state index in [9.17, 15) is 14.7 Å². The number of carbonyl (C=O) groups excluding carboxylic acids is 2. The van der Waals surface area contributed by atoms with E-state index in [4.69, 9.17) is 27.6 Å². The first-order chi connectivity index (χ1) is 17.6. The maximum atomic E-state index is 13.6. The molecule has 0 spiro atoms. The van der Waals surface area contributed by atoms with Crippen LogP contribution in [0.25, 0.3) is 0 Å². The number of thiazole rings is 1. The van der Waals surface area contributed by atoms with Crippen LogP contribution in [0.1, 0.15) is 43.5 Å². The van der Waals surface area contributed by atoms with E-state index in [1.54, 1.807) is 45.0 Å². The van der Waals surface area contributed by atoms with Crippen molar-refractivity contribution >= 4 is 74.5 Å². The molecule has 0 bridgehead atoms. The third kappa shape index (κ3) is 4.94. The molecule has 4 aromatic rings. The SMILES string of the molecule is Cc1ccc(C2C(C(=O)c3sc(C)nc3C)=C(O)C(=O)N2c2nnc(SCc3ccc(Cl)cc3Cl)s2)o1. The molecule has 4 heterocycles. The molecule has 5 rings (SSSR count). The van der Waals surface area contributed by atoms with Crippen LogP contribution in [-0.4, -0.2) is 32.0 Å². The smallest absolute Gasteiger partial charge is 0.296 e. The lowest BCUT2D eigenvalue weighted by Gasteiger charge is -2.21. The number of amides is 1. The van der Waals surface area contributed by atoms with Crippen molar-refractivity contribution in [2.75, 3.05) is 4.90 Å². The minimum atomic E-state index is -1.01. The first kappa shape index (κ1) is 25.9. The highest BCUT2D eigenvalue weighted by Gasteiger charge is 2.48. The van der Waals surface area contributed by atoms with Gasteiger partial charge in [-0.15, -0.1) is 21.5 Å². The number of furan rings is 1. The summed E-state index contributed by atoms with van der Waals surface area (Å²) in [6.45, 7) is 5.27. The van der Waals surface area contributed by atoms with Crippen molar-refractivity contribution in [3.63, 3.8) is 0 Å². The fraction of sp³-hybridized carbons (Fsp3) is 0.208. The lowest BCUT2D eigenvalue weighted by Crippen LogP contribution is -2.30. The van der Waals surface area contributed by atoms with Crippen LogP contribution >= 0.6 is 57.6 Å². The lowest BCUT2D eigenvalue weighted by atomic mass is 10.00. The maximum absolute atomic E-state index is 13.6. The molecule has 37 heavy (non-hydrogen) atoms. The van der Waals surface area contributed by atoms with E-state index in [-0.39, 0.29) is 10.7 Å². The Bertz CT molecular complexity index is 1580. The average molecular weight is 594 g/mol. The number of ketones is 1. The quantitative estimate of drug-likeness (QED) is 0.140. The van der Waals surface area contributed by atoms with Gasteiger partial charge in [-0.25, -0.2) is 4.98 Å². The van der Waals surface area contributed by atoms with Crippen LogP contribution in [-0.2, 0) is 10.5 Å². The molecule has 1 atom stereocenters. The van der Waals surface area contributed by atoms with Gasteiger partial charge < -0.3 is 9.52 Å². The molecule has 1 aliphatic heterocycles. The third-order valence-electron chi connectivity index (χ3n) is 5.56. The molecule has 8 nitrogen and oxygen atoms in total. The number of rotatable bonds is 7. The van der Waals surface area contributed by atoms with Crippen LogP contribution < -0.4 is 4.90 Å². The van der Waals surface area contributed by atoms with Gasteiger partial charge in [0.15, 0.2) is 10.1 Å². The zero-order valence-corrected chi connectivity index (χ0v) is 23.6. The van der Waals surface area contributed by atoms with E-state index >= 15 is 0 Å². The van der Waals surface area contributed by atoms with Crippen molar-refractivity contribution in [1.82, 2.24) is 15.2 Å². The average Bonchev–Trinajstić information content (AvgIpc) is 3.61. The van der Waals surface area contributed by atoms with Gasteiger partial charge in [0, 0.05) is 15.8 Å². The highest BCUT2D eigenvalue weighted by Crippen LogP contribution is 2.45. The van der Waals surface area contributed by atoms with Gasteiger partial charge in [-0.05, 0) is 50.6 Å². The van der Waals surface area contributed by atoms with Crippen molar-refractivity contribution < 1.29 is 19.1 Å². The standard InChI is InChI=1S/C24H18Cl2N4O4S3/c1-10-4-7-16(34-10)18-17(19(31)21-11(2)27-12(3)36-21)20(32)22(33)30(18)23-28-29-24(37-23)35-9-13-5-6-14(25)8-15(13)26/h4-8,18,32H,9H2,1-3H3. The van der Waals surface area contributed by atoms with Crippen LogP contribution in [0.15, 0.2) is 50.4 Å². The van der Waals surface area contributed by atoms with Crippen molar-refractivity contribution in [3.8, 4) is 0 Å². The van der Waals surface area contributed by atoms with E-state index in [1.165, 1.54) is 28.0 Å². The number of aliphatic hydroxyl groups is 1. The number of carbonyl (C=O) groups is 2. The summed E-state index contributed by atoms with van der Waals surface area (Å²) in [5.41, 5.74) is 1.32. The Hall–Kier alpha value is -2.70. The largest absolute Gasteiger partial charge is 0.503 e. The Balaban J connectivity index is 1.48. The summed E-state index contributed by atoms with van der Waals surface area (Å²) in [6, 6.07) is 7.66.